The fraction of sp³-hybridized carbons (Fsp3) is 0.417. The lowest BCUT2D eigenvalue weighted by Gasteiger charge is -2.13. The predicted molar refractivity (Wildman–Crippen MR) is 73.7 cm³/mol. The van der Waals surface area contributed by atoms with E-state index in [0.29, 0.717) is 24.4 Å². The third-order valence-corrected chi connectivity index (χ3v) is 3.31. The molecule has 1 heterocycles. The molecular formula is C12H14ClN3O4. The molecule has 3 N–H and O–H groups in total. The molecule has 1 fully saturated rings. The molecule has 1 aliphatic heterocycles. The van der Waals surface area contributed by atoms with Crippen molar-refractivity contribution in [3.8, 4) is 0 Å². The van der Waals surface area contributed by atoms with Gasteiger partial charge < -0.3 is 15.8 Å². The minimum absolute atomic E-state index is 0.0623. The number of nitrogens with two attached hydrogens (primary N) is 1. The number of anilines is 1. The molecule has 8 heteroatoms. The summed E-state index contributed by atoms with van der Waals surface area (Å²) in [6.45, 7) is 0.348. The van der Waals surface area contributed by atoms with E-state index in [1.165, 1.54) is 18.2 Å². The maximum atomic E-state index is 12.0. The van der Waals surface area contributed by atoms with Crippen molar-refractivity contribution in [3.05, 3.63) is 33.3 Å². The fourth-order valence-electron chi connectivity index (χ4n) is 2.05. The van der Waals surface area contributed by atoms with Crippen LogP contribution in [0, 0.1) is 10.1 Å². The Balaban J connectivity index is 2.11. The van der Waals surface area contributed by atoms with Gasteiger partial charge in [0, 0.05) is 17.6 Å². The van der Waals surface area contributed by atoms with Crippen LogP contribution in [0.4, 0.5) is 11.4 Å². The molecule has 0 aromatic heterocycles. The summed E-state index contributed by atoms with van der Waals surface area (Å²) < 4.78 is 5.44. The van der Waals surface area contributed by atoms with E-state index in [-0.39, 0.29) is 17.5 Å². The van der Waals surface area contributed by atoms with Crippen molar-refractivity contribution in [3.63, 3.8) is 0 Å². The molecule has 0 bridgehead atoms. The van der Waals surface area contributed by atoms with E-state index >= 15 is 0 Å². The number of nitro benzene ring substituents is 1. The number of rotatable bonds is 4. The lowest BCUT2D eigenvalue weighted by atomic mass is 10.2. The zero-order valence-electron chi connectivity index (χ0n) is 10.5. The summed E-state index contributed by atoms with van der Waals surface area (Å²) in [6, 6.07) is 3.98. The van der Waals surface area contributed by atoms with Crippen molar-refractivity contribution in [2.24, 2.45) is 5.73 Å². The minimum Gasteiger partial charge on any atom is -0.364 e. The van der Waals surface area contributed by atoms with Crippen molar-refractivity contribution in [1.82, 2.24) is 0 Å². The lowest BCUT2D eigenvalue weighted by molar-refractivity contribution is -0.383. The minimum atomic E-state index is -0.637. The Bertz CT molecular complexity index is 537. The molecule has 1 saturated heterocycles. The molecule has 0 saturated carbocycles. The number of nitrogens with zero attached hydrogens (tertiary/aromatic N) is 1. The van der Waals surface area contributed by atoms with Crippen molar-refractivity contribution in [2.45, 2.75) is 25.0 Å². The largest absolute Gasteiger partial charge is 0.364 e. The molecular weight excluding hydrogens is 286 g/mol. The van der Waals surface area contributed by atoms with Gasteiger partial charge >= 0.3 is 0 Å². The lowest BCUT2D eigenvalue weighted by Crippen LogP contribution is -2.30. The first kappa shape index (κ1) is 14.7. The Kier molecular flexibility index (Phi) is 4.53. The van der Waals surface area contributed by atoms with Gasteiger partial charge in [0.25, 0.3) is 11.6 Å². The molecule has 1 aliphatic rings. The molecule has 2 atom stereocenters. The molecule has 7 nitrogen and oxygen atoms in total. The molecule has 108 valence electrons. The predicted octanol–water partition coefficient (Wildman–Crippen LogP) is 1.69. The van der Waals surface area contributed by atoms with E-state index < -0.39 is 16.9 Å². The van der Waals surface area contributed by atoms with E-state index in [1.807, 2.05) is 0 Å². The van der Waals surface area contributed by atoms with Gasteiger partial charge in [-0.3, -0.25) is 14.9 Å². The van der Waals surface area contributed by atoms with Gasteiger partial charge in [-0.1, -0.05) is 11.6 Å². The van der Waals surface area contributed by atoms with Gasteiger partial charge in [-0.2, -0.15) is 0 Å². The average Bonchev–Trinajstić information content (AvgIpc) is 2.87. The quantitative estimate of drug-likeness (QED) is 0.650. The van der Waals surface area contributed by atoms with Crippen LogP contribution in [0.5, 0.6) is 0 Å². The first-order valence-corrected chi connectivity index (χ1v) is 6.49. The van der Waals surface area contributed by atoms with Gasteiger partial charge in [-0.25, -0.2) is 0 Å². The van der Waals surface area contributed by atoms with Gasteiger partial charge in [0.15, 0.2) is 0 Å². The summed E-state index contributed by atoms with van der Waals surface area (Å²) in [5, 5.41) is 13.7. The van der Waals surface area contributed by atoms with Crippen LogP contribution in [0.3, 0.4) is 0 Å². The molecule has 2 unspecified atom stereocenters. The Morgan fingerprint density at radius 1 is 1.55 bits per heavy atom. The first-order valence-electron chi connectivity index (χ1n) is 6.11. The summed E-state index contributed by atoms with van der Waals surface area (Å²) in [5.74, 6) is -0.425. The smallest absolute Gasteiger partial charge is 0.292 e. The van der Waals surface area contributed by atoms with Gasteiger partial charge in [-0.15, -0.1) is 0 Å². The second-order valence-corrected chi connectivity index (χ2v) is 4.90. The van der Waals surface area contributed by atoms with E-state index in [0.717, 1.165) is 0 Å². The first-order chi connectivity index (χ1) is 9.51. The van der Waals surface area contributed by atoms with Crippen LogP contribution in [0.15, 0.2) is 18.2 Å². The number of carbonyl (C=O) groups is 1. The molecule has 1 amide bonds. The number of halogens is 1. The number of amides is 1. The number of hydrogen-bond donors (Lipinski definition) is 2. The Morgan fingerprint density at radius 3 is 2.90 bits per heavy atom. The van der Waals surface area contributed by atoms with Gasteiger partial charge in [0.05, 0.1) is 11.0 Å². The summed E-state index contributed by atoms with van der Waals surface area (Å²) >= 11 is 5.79. The molecule has 1 aromatic carbocycles. The van der Waals surface area contributed by atoms with E-state index in [4.69, 9.17) is 22.1 Å². The van der Waals surface area contributed by atoms with Crippen LogP contribution in [0.2, 0.25) is 5.02 Å². The summed E-state index contributed by atoms with van der Waals surface area (Å²) in [6.07, 6.45) is 0.469. The summed E-state index contributed by atoms with van der Waals surface area (Å²) in [5.41, 5.74) is 5.32. The summed E-state index contributed by atoms with van der Waals surface area (Å²) in [7, 11) is 0. The number of nitro groups is 1. The van der Waals surface area contributed by atoms with Crippen LogP contribution in [-0.2, 0) is 9.53 Å². The van der Waals surface area contributed by atoms with Crippen molar-refractivity contribution in [2.75, 3.05) is 11.9 Å². The highest BCUT2D eigenvalue weighted by atomic mass is 35.5. The molecule has 20 heavy (non-hydrogen) atoms. The number of hydrogen-bond acceptors (Lipinski definition) is 5. The summed E-state index contributed by atoms with van der Waals surface area (Å²) in [4.78, 5) is 22.3. The fourth-order valence-corrected chi connectivity index (χ4v) is 2.22. The van der Waals surface area contributed by atoms with Crippen LogP contribution >= 0.6 is 11.6 Å². The normalized spacial score (nSPS) is 21.7. The van der Waals surface area contributed by atoms with Crippen LogP contribution in [-0.4, -0.2) is 29.6 Å². The molecule has 0 aliphatic carbocycles. The molecule has 1 aromatic rings. The standard InChI is InChI=1S/C12H14ClN3O4/c13-7-1-3-10(16(18)19)9(5-7)15-12(17)11-4-2-8(6-14)20-11/h1,3,5,8,11H,2,4,6,14H2,(H,15,17). The number of nitrogens with one attached hydrogen (secondary N) is 1. The van der Waals surface area contributed by atoms with Crippen molar-refractivity contribution in [1.29, 1.82) is 0 Å². The third-order valence-electron chi connectivity index (χ3n) is 3.08. The highest BCUT2D eigenvalue weighted by molar-refractivity contribution is 6.31. The van der Waals surface area contributed by atoms with Gasteiger partial charge in [0.1, 0.15) is 11.8 Å². The number of ether oxygens (including phenoxy) is 1. The maximum absolute atomic E-state index is 12.0. The molecule has 0 spiro atoms. The number of benzene rings is 1. The van der Waals surface area contributed by atoms with Crippen LogP contribution in [0.25, 0.3) is 0 Å². The van der Waals surface area contributed by atoms with E-state index in [1.54, 1.807) is 0 Å². The zero-order valence-corrected chi connectivity index (χ0v) is 11.3. The average molecular weight is 300 g/mol. The molecule has 2 rings (SSSR count). The second-order valence-electron chi connectivity index (χ2n) is 4.47. The monoisotopic (exact) mass is 299 g/mol. The highest BCUT2D eigenvalue weighted by Gasteiger charge is 2.31. The van der Waals surface area contributed by atoms with E-state index in [2.05, 4.69) is 5.32 Å². The Labute approximate surface area is 120 Å². The van der Waals surface area contributed by atoms with Crippen LogP contribution in [0.1, 0.15) is 12.8 Å². The van der Waals surface area contributed by atoms with Gasteiger partial charge in [0.2, 0.25) is 0 Å². The van der Waals surface area contributed by atoms with Gasteiger partial charge in [-0.05, 0) is 25.0 Å². The topological polar surface area (TPSA) is 107 Å². The Morgan fingerprint density at radius 2 is 2.30 bits per heavy atom. The third kappa shape index (κ3) is 3.24. The second kappa shape index (κ2) is 6.17. The zero-order chi connectivity index (χ0) is 14.7. The maximum Gasteiger partial charge on any atom is 0.292 e. The van der Waals surface area contributed by atoms with E-state index in [9.17, 15) is 14.9 Å². The number of carbonyl (C=O) groups excluding carboxylic acids is 1. The van der Waals surface area contributed by atoms with Crippen LogP contribution < -0.4 is 11.1 Å². The SMILES string of the molecule is NCC1CCC(C(=O)Nc2cc(Cl)ccc2[N+](=O)[O-])O1. The molecule has 0 radical (unpaired) electrons. The van der Waals surface area contributed by atoms with Crippen molar-refractivity contribution >= 4 is 28.9 Å². The Hall–Kier alpha value is -1.70. The highest BCUT2D eigenvalue weighted by Crippen LogP contribution is 2.29. The van der Waals surface area contributed by atoms with Crippen molar-refractivity contribution < 1.29 is 14.5 Å².